The van der Waals surface area contributed by atoms with E-state index >= 15 is 0 Å². The predicted molar refractivity (Wildman–Crippen MR) is 52.4 cm³/mol. The molecule has 1 aromatic carbocycles. The fraction of sp³-hybridized carbons (Fsp3) is 0.100. The highest BCUT2D eigenvalue weighted by molar-refractivity contribution is 7.19. The van der Waals surface area contributed by atoms with Gasteiger partial charge in [0.15, 0.2) is 0 Å². The fourth-order valence-electron chi connectivity index (χ4n) is 1.33. The molecule has 2 aromatic rings. The molecule has 1 aromatic heterocycles. The Bertz CT molecular complexity index is 527. The molecule has 1 N–H and O–H groups in total. The predicted octanol–water partition coefficient (Wildman–Crippen LogP) is 2.40. The summed E-state index contributed by atoms with van der Waals surface area (Å²) in [7, 11) is 0. The highest BCUT2D eigenvalue weighted by Gasteiger charge is 2.13. The van der Waals surface area contributed by atoms with E-state index in [0.717, 1.165) is 11.3 Å². The Labute approximate surface area is 83.8 Å². The summed E-state index contributed by atoms with van der Waals surface area (Å²) in [4.78, 5) is 0.280. The van der Waals surface area contributed by atoms with Crippen LogP contribution >= 0.6 is 11.3 Å². The van der Waals surface area contributed by atoms with Gasteiger partial charge in [0.05, 0.1) is 21.7 Å². The number of aliphatic hydroxyl groups is 1. The number of nitriles is 1. The maximum Gasteiger partial charge on any atom is 0.147 e. The molecule has 0 unspecified atom stereocenters. The van der Waals surface area contributed by atoms with Crippen molar-refractivity contribution in [3.05, 3.63) is 34.5 Å². The molecule has 0 amide bonds. The number of fused-ring (bicyclic) bond motifs is 1. The number of halogens is 1. The lowest BCUT2D eigenvalue weighted by Crippen LogP contribution is -1.80. The number of rotatable bonds is 1. The summed E-state index contributed by atoms with van der Waals surface area (Å²) in [5, 5.41) is 18.1. The van der Waals surface area contributed by atoms with Crippen molar-refractivity contribution in [1.29, 1.82) is 5.26 Å². The second kappa shape index (κ2) is 3.37. The molecular weight excluding hydrogens is 201 g/mol. The third kappa shape index (κ3) is 1.18. The molecule has 0 aliphatic heterocycles. The molecule has 0 atom stereocenters. The van der Waals surface area contributed by atoms with E-state index in [0.29, 0.717) is 15.6 Å². The summed E-state index contributed by atoms with van der Waals surface area (Å²) in [6, 6.07) is 6.88. The smallest absolute Gasteiger partial charge is 0.147 e. The minimum Gasteiger partial charge on any atom is -0.391 e. The SMILES string of the molecule is N#Cc1cccc2c(F)c(CO)sc12. The lowest BCUT2D eigenvalue weighted by atomic mass is 10.2. The second-order valence-electron chi connectivity index (χ2n) is 2.79. The lowest BCUT2D eigenvalue weighted by molar-refractivity contribution is 0.280. The van der Waals surface area contributed by atoms with Gasteiger partial charge in [-0.05, 0) is 6.07 Å². The van der Waals surface area contributed by atoms with Gasteiger partial charge >= 0.3 is 0 Å². The van der Waals surface area contributed by atoms with E-state index in [-0.39, 0.29) is 11.5 Å². The van der Waals surface area contributed by atoms with Gasteiger partial charge in [-0.2, -0.15) is 5.26 Å². The Kier molecular flexibility index (Phi) is 2.20. The zero-order chi connectivity index (χ0) is 10.1. The summed E-state index contributed by atoms with van der Waals surface area (Å²) in [5.41, 5.74) is 0.450. The average molecular weight is 207 g/mol. The Hall–Kier alpha value is -1.44. The summed E-state index contributed by atoms with van der Waals surface area (Å²) in [6.07, 6.45) is 0. The second-order valence-corrected chi connectivity index (χ2v) is 3.90. The van der Waals surface area contributed by atoms with Crippen LogP contribution in [-0.4, -0.2) is 5.11 Å². The van der Waals surface area contributed by atoms with E-state index in [4.69, 9.17) is 10.4 Å². The van der Waals surface area contributed by atoms with Crippen LogP contribution < -0.4 is 0 Å². The normalized spacial score (nSPS) is 10.4. The van der Waals surface area contributed by atoms with Crippen molar-refractivity contribution in [3.8, 4) is 6.07 Å². The van der Waals surface area contributed by atoms with E-state index in [1.165, 1.54) is 0 Å². The molecule has 14 heavy (non-hydrogen) atoms. The molecule has 0 saturated heterocycles. The van der Waals surface area contributed by atoms with Gasteiger partial charge in [-0.25, -0.2) is 4.39 Å². The lowest BCUT2D eigenvalue weighted by Gasteiger charge is -1.90. The molecule has 2 nitrogen and oxygen atoms in total. The van der Waals surface area contributed by atoms with Crippen molar-refractivity contribution >= 4 is 21.4 Å². The molecule has 0 spiro atoms. The summed E-state index contributed by atoms with van der Waals surface area (Å²) in [5.74, 6) is -0.412. The Balaban J connectivity index is 2.85. The zero-order valence-corrected chi connectivity index (χ0v) is 7.94. The van der Waals surface area contributed by atoms with Crippen molar-refractivity contribution in [2.75, 3.05) is 0 Å². The van der Waals surface area contributed by atoms with Gasteiger partial charge in [0, 0.05) is 5.39 Å². The number of nitrogens with zero attached hydrogens (tertiary/aromatic N) is 1. The largest absolute Gasteiger partial charge is 0.391 e. The molecule has 0 saturated carbocycles. The molecule has 70 valence electrons. The van der Waals surface area contributed by atoms with E-state index < -0.39 is 5.82 Å². The van der Waals surface area contributed by atoms with Gasteiger partial charge in [-0.15, -0.1) is 11.3 Å². The van der Waals surface area contributed by atoms with Crippen molar-refractivity contribution in [3.63, 3.8) is 0 Å². The minimum absolute atomic E-state index is 0.280. The molecule has 0 aliphatic rings. The van der Waals surface area contributed by atoms with Crippen molar-refractivity contribution < 1.29 is 9.50 Å². The molecule has 1 heterocycles. The number of hydrogen-bond donors (Lipinski definition) is 1. The van der Waals surface area contributed by atoms with Gasteiger partial charge < -0.3 is 5.11 Å². The van der Waals surface area contributed by atoms with Crippen LogP contribution in [0.25, 0.3) is 10.1 Å². The van der Waals surface area contributed by atoms with E-state index in [1.54, 1.807) is 18.2 Å². The standard InChI is InChI=1S/C10H6FNOS/c11-9-7-3-1-2-6(4-12)10(7)14-8(9)5-13/h1-3,13H,5H2. The molecule has 0 radical (unpaired) electrons. The molecule has 0 aliphatic carbocycles. The third-order valence-corrected chi connectivity index (χ3v) is 3.18. The highest BCUT2D eigenvalue weighted by atomic mass is 32.1. The first-order valence-electron chi connectivity index (χ1n) is 3.98. The number of aliphatic hydroxyl groups excluding tert-OH is 1. The zero-order valence-electron chi connectivity index (χ0n) is 7.12. The van der Waals surface area contributed by atoms with Gasteiger partial charge in [-0.1, -0.05) is 12.1 Å². The Morgan fingerprint density at radius 1 is 1.50 bits per heavy atom. The van der Waals surface area contributed by atoms with E-state index in [9.17, 15) is 4.39 Å². The van der Waals surface area contributed by atoms with Crippen LogP contribution in [0.15, 0.2) is 18.2 Å². The van der Waals surface area contributed by atoms with Crippen LogP contribution in [0.1, 0.15) is 10.4 Å². The van der Waals surface area contributed by atoms with Crippen molar-refractivity contribution in [1.82, 2.24) is 0 Å². The first-order valence-corrected chi connectivity index (χ1v) is 4.80. The van der Waals surface area contributed by atoms with Crippen LogP contribution in [-0.2, 0) is 6.61 Å². The topological polar surface area (TPSA) is 44.0 Å². The average Bonchev–Trinajstić information content (AvgIpc) is 2.55. The van der Waals surface area contributed by atoms with Gasteiger partial charge in [0.25, 0.3) is 0 Å². The van der Waals surface area contributed by atoms with Crippen molar-refractivity contribution in [2.45, 2.75) is 6.61 Å². The Morgan fingerprint density at radius 3 is 2.93 bits per heavy atom. The molecular formula is C10H6FNOS. The summed E-state index contributed by atoms with van der Waals surface area (Å²) in [6.45, 7) is -0.323. The van der Waals surface area contributed by atoms with Gasteiger partial charge in [-0.3, -0.25) is 0 Å². The van der Waals surface area contributed by atoms with E-state index in [2.05, 4.69) is 0 Å². The molecule has 2 rings (SSSR count). The van der Waals surface area contributed by atoms with Crippen LogP contribution in [0.3, 0.4) is 0 Å². The number of hydrogen-bond acceptors (Lipinski definition) is 3. The fourth-order valence-corrected chi connectivity index (χ4v) is 2.33. The van der Waals surface area contributed by atoms with Gasteiger partial charge in [0.2, 0.25) is 0 Å². The number of thiophene rings is 1. The van der Waals surface area contributed by atoms with Crippen molar-refractivity contribution in [2.24, 2.45) is 0 Å². The number of benzene rings is 1. The molecule has 4 heteroatoms. The Morgan fingerprint density at radius 2 is 2.29 bits per heavy atom. The van der Waals surface area contributed by atoms with Gasteiger partial charge in [0.1, 0.15) is 11.9 Å². The first kappa shape index (κ1) is 9.13. The van der Waals surface area contributed by atoms with Crippen LogP contribution in [0, 0.1) is 17.1 Å². The maximum absolute atomic E-state index is 13.5. The minimum atomic E-state index is -0.412. The first-order chi connectivity index (χ1) is 6.77. The highest BCUT2D eigenvalue weighted by Crippen LogP contribution is 2.32. The van der Waals surface area contributed by atoms with Crippen LogP contribution in [0.4, 0.5) is 4.39 Å². The maximum atomic E-state index is 13.5. The summed E-state index contributed by atoms with van der Waals surface area (Å²) >= 11 is 1.13. The quantitative estimate of drug-likeness (QED) is 0.780. The van der Waals surface area contributed by atoms with Crippen LogP contribution in [0.2, 0.25) is 0 Å². The molecule has 0 fully saturated rings. The third-order valence-electron chi connectivity index (χ3n) is 1.99. The van der Waals surface area contributed by atoms with E-state index in [1.807, 2.05) is 6.07 Å². The summed E-state index contributed by atoms with van der Waals surface area (Å²) < 4.78 is 14.1. The molecule has 0 bridgehead atoms. The monoisotopic (exact) mass is 207 g/mol. The van der Waals surface area contributed by atoms with Crippen LogP contribution in [0.5, 0.6) is 0 Å².